The van der Waals surface area contributed by atoms with Crippen molar-refractivity contribution in [2.45, 2.75) is 58.2 Å². The zero-order valence-corrected chi connectivity index (χ0v) is 17.3. The number of hydrogen-bond acceptors (Lipinski definition) is 5. The number of ether oxygens (including phenoxy) is 1. The summed E-state index contributed by atoms with van der Waals surface area (Å²) in [4.78, 5) is 27.0. The van der Waals surface area contributed by atoms with Gasteiger partial charge in [-0.2, -0.15) is 0 Å². The maximum absolute atomic E-state index is 13.0. The standard InChI is InChI=1S/C21H29N5O3/c1-15(2)22-20(27)19-14-25(24-23-19)13-11-17-6-4-5-12-26(17)21(28)16-7-9-18(29-3)10-8-16/h7-10,14-15,17H,4-6,11-13H2,1-3H3,(H,22,27). The van der Waals surface area contributed by atoms with Crippen molar-refractivity contribution in [2.75, 3.05) is 13.7 Å². The van der Waals surface area contributed by atoms with Gasteiger partial charge in [0.1, 0.15) is 5.75 Å². The van der Waals surface area contributed by atoms with Crippen molar-refractivity contribution in [2.24, 2.45) is 0 Å². The maximum Gasteiger partial charge on any atom is 0.273 e. The number of aromatic nitrogens is 3. The second kappa shape index (κ2) is 9.54. The highest BCUT2D eigenvalue weighted by atomic mass is 16.5. The van der Waals surface area contributed by atoms with Crippen LogP contribution in [-0.4, -0.2) is 57.4 Å². The molecule has 29 heavy (non-hydrogen) atoms. The number of nitrogens with one attached hydrogen (secondary N) is 1. The van der Waals surface area contributed by atoms with Crippen molar-refractivity contribution in [3.8, 4) is 5.75 Å². The van der Waals surface area contributed by atoms with Gasteiger partial charge in [-0.05, 0) is 63.8 Å². The van der Waals surface area contributed by atoms with E-state index in [1.54, 1.807) is 18.0 Å². The van der Waals surface area contributed by atoms with Gasteiger partial charge in [-0.25, -0.2) is 0 Å². The topological polar surface area (TPSA) is 89.4 Å². The number of likely N-dealkylation sites (tertiary alicyclic amines) is 1. The molecule has 1 aliphatic heterocycles. The van der Waals surface area contributed by atoms with E-state index in [9.17, 15) is 9.59 Å². The van der Waals surface area contributed by atoms with Gasteiger partial charge in [0, 0.05) is 30.7 Å². The molecule has 1 fully saturated rings. The van der Waals surface area contributed by atoms with Crippen molar-refractivity contribution in [1.29, 1.82) is 0 Å². The third-order valence-electron chi connectivity index (χ3n) is 5.11. The largest absolute Gasteiger partial charge is 0.497 e. The Hall–Kier alpha value is -2.90. The van der Waals surface area contributed by atoms with Crippen molar-refractivity contribution in [1.82, 2.24) is 25.2 Å². The van der Waals surface area contributed by atoms with Crippen LogP contribution in [-0.2, 0) is 6.54 Å². The van der Waals surface area contributed by atoms with Crippen LogP contribution in [0.5, 0.6) is 5.75 Å². The van der Waals surface area contributed by atoms with Crippen molar-refractivity contribution >= 4 is 11.8 Å². The predicted octanol–water partition coefficient (Wildman–Crippen LogP) is 2.51. The number of carbonyl (C=O) groups excluding carboxylic acids is 2. The molecule has 1 aromatic heterocycles. The van der Waals surface area contributed by atoms with Crippen LogP contribution in [0.3, 0.4) is 0 Å². The molecule has 2 amide bonds. The number of nitrogens with zero attached hydrogens (tertiary/aromatic N) is 4. The lowest BCUT2D eigenvalue weighted by Gasteiger charge is -2.36. The SMILES string of the molecule is COc1ccc(C(=O)N2CCCCC2CCn2cc(C(=O)NC(C)C)nn2)cc1. The quantitative estimate of drug-likeness (QED) is 0.773. The van der Waals surface area contributed by atoms with Crippen molar-refractivity contribution < 1.29 is 14.3 Å². The number of methoxy groups -OCH3 is 1. The van der Waals surface area contributed by atoms with Gasteiger partial charge in [-0.15, -0.1) is 5.10 Å². The zero-order valence-electron chi connectivity index (χ0n) is 17.3. The summed E-state index contributed by atoms with van der Waals surface area (Å²) in [5, 5.41) is 10.8. The molecular weight excluding hydrogens is 370 g/mol. The molecule has 0 radical (unpaired) electrons. The second-order valence-electron chi connectivity index (χ2n) is 7.66. The lowest BCUT2D eigenvalue weighted by atomic mass is 9.98. The second-order valence-corrected chi connectivity index (χ2v) is 7.66. The van der Waals surface area contributed by atoms with Gasteiger partial charge in [0.25, 0.3) is 11.8 Å². The fourth-order valence-electron chi connectivity index (χ4n) is 3.60. The fraction of sp³-hybridized carbons (Fsp3) is 0.524. The predicted molar refractivity (Wildman–Crippen MR) is 109 cm³/mol. The monoisotopic (exact) mass is 399 g/mol. The van der Waals surface area contributed by atoms with Crippen LogP contribution in [0.1, 0.15) is 60.4 Å². The fourth-order valence-corrected chi connectivity index (χ4v) is 3.60. The van der Waals surface area contributed by atoms with E-state index in [1.165, 1.54) is 0 Å². The molecule has 1 N–H and O–H groups in total. The summed E-state index contributed by atoms with van der Waals surface area (Å²) in [5.41, 5.74) is 0.986. The number of hydrogen-bond donors (Lipinski definition) is 1. The van der Waals surface area contributed by atoms with Crippen LogP contribution >= 0.6 is 0 Å². The number of carbonyl (C=O) groups is 2. The molecule has 1 aromatic carbocycles. The smallest absolute Gasteiger partial charge is 0.273 e. The highest BCUT2D eigenvalue weighted by Gasteiger charge is 2.27. The van der Waals surface area contributed by atoms with Crippen LogP contribution in [0.25, 0.3) is 0 Å². The van der Waals surface area contributed by atoms with E-state index in [2.05, 4.69) is 15.6 Å². The Balaban J connectivity index is 1.62. The van der Waals surface area contributed by atoms with Crippen molar-refractivity contribution in [3.05, 3.63) is 41.7 Å². The molecule has 1 unspecified atom stereocenters. The van der Waals surface area contributed by atoms with E-state index in [0.717, 1.165) is 38.0 Å². The van der Waals surface area contributed by atoms with E-state index in [4.69, 9.17) is 4.74 Å². The number of benzene rings is 1. The summed E-state index contributed by atoms with van der Waals surface area (Å²) in [6.07, 6.45) is 5.53. The molecule has 1 atom stereocenters. The van der Waals surface area contributed by atoms with E-state index in [0.29, 0.717) is 17.8 Å². The number of aryl methyl sites for hydroxylation is 1. The summed E-state index contributed by atoms with van der Waals surface area (Å²) >= 11 is 0. The van der Waals surface area contributed by atoms with Gasteiger partial charge in [0.2, 0.25) is 0 Å². The van der Waals surface area contributed by atoms with E-state index < -0.39 is 0 Å². The van der Waals surface area contributed by atoms with Crippen LogP contribution in [0, 0.1) is 0 Å². The minimum Gasteiger partial charge on any atom is -0.497 e. The lowest BCUT2D eigenvalue weighted by molar-refractivity contribution is 0.0593. The summed E-state index contributed by atoms with van der Waals surface area (Å²) < 4.78 is 6.85. The summed E-state index contributed by atoms with van der Waals surface area (Å²) in [7, 11) is 1.61. The number of piperidine rings is 1. The summed E-state index contributed by atoms with van der Waals surface area (Å²) in [5.74, 6) is 0.563. The van der Waals surface area contributed by atoms with E-state index in [1.807, 2.05) is 43.0 Å². The highest BCUT2D eigenvalue weighted by Crippen LogP contribution is 2.23. The highest BCUT2D eigenvalue weighted by molar-refractivity contribution is 5.94. The Labute approximate surface area is 171 Å². The molecule has 0 spiro atoms. The Morgan fingerprint density at radius 2 is 2.00 bits per heavy atom. The minimum absolute atomic E-state index is 0.0485. The summed E-state index contributed by atoms with van der Waals surface area (Å²) in [6, 6.07) is 7.44. The van der Waals surface area contributed by atoms with E-state index in [-0.39, 0.29) is 23.9 Å². The Morgan fingerprint density at radius 1 is 1.24 bits per heavy atom. The first-order chi connectivity index (χ1) is 14.0. The maximum atomic E-state index is 13.0. The average Bonchev–Trinajstić information content (AvgIpc) is 3.21. The third-order valence-corrected chi connectivity index (χ3v) is 5.11. The first-order valence-electron chi connectivity index (χ1n) is 10.1. The van der Waals surface area contributed by atoms with Crippen LogP contribution in [0.4, 0.5) is 0 Å². The third kappa shape index (κ3) is 5.34. The molecule has 8 heteroatoms. The molecule has 8 nitrogen and oxygen atoms in total. The van der Waals surface area contributed by atoms with Gasteiger partial charge in [-0.1, -0.05) is 5.21 Å². The summed E-state index contributed by atoms with van der Waals surface area (Å²) in [6.45, 7) is 5.17. The average molecular weight is 399 g/mol. The number of amides is 2. The van der Waals surface area contributed by atoms with Gasteiger partial charge < -0.3 is 15.0 Å². The van der Waals surface area contributed by atoms with Gasteiger partial charge >= 0.3 is 0 Å². The molecule has 3 rings (SSSR count). The first-order valence-corrected chi connectivity index (χ1v) is 10.1. The molecule has 1 aliphatic rings. The lowest BCUT2D eigenvalue weighted by Crippen LogP contribution is -2.44. The number of rotatable bonds is 7. The van der Waals surface area contributed by atoms with Crippen LogP contribution < -0.4 is 10.1 Å². The molecule has 0 aliphatic carbocycles. The molecule has 0 saturated carbocycles. The Kier molecular flexibility index (Phi) is 6.85. The Bertz CT molecular complexity index is 831. The molecule has 2 aromatic rings. The Morgan fingerprint density at radius 3 is 2.69 bits per heavy atom. The molecule has 1 saturated heterocycles. The molecule has 0 bridgehead atoms. The van der Waals surface area contributed by atoms with Gasteiger partial charge in [0.05, 0.1) is 13.3 Å². The first kappa shape index (κ1) is 20.8. The van der Waals surface area contributed by atoms with Crippen LogP contribution in [0.2, 0.25) is 0 Å². The molecular formula is C21H29N5O3. The minimum atomic E-state index is -0.222. The van der Waals surface area contributed by atoms with E-state index >= 15 is 0 Å². The zero-order chi connectivity index (χ0) is 20.8. The van der Waals surface area contributed by atoms with Gasteiger partial charge in [0.15, 0.2) is 5.69 Å². The normalized spacial score (nSPS) is 16.7. The molecule has 2 heterocycles. The van der Waals surface area contributed by atoms with Crippen LogP contribution in [0.15, 0.2) is 30.5 Å². The van der Waals surface area contributed by atoms with Crippen molar-refractivity contribution in [3.63, 3.8) is 0 Å². The molecule has 156 valence electrons. The van der Waals surface area contributed by atoms with Gasteiger partial charge in [-0.3, -0.25) is 14.3 Å².